The van der Waals surface area contributed by atoms with Crippen LogP contribution in [0.5, 0.6) is 0 Å². The summed E-state index contributed by atoms with van der Waals surface area (Å²) in [5.74, 6) is 0.253. The van der Waals surface area contributed by atoms with Crippen LogP contribution in [-0.4, -0.2) is 23.2 Å². The SMILES string of the molecule is CC(=O)c1cccc(Nc2cncc(C(=O)NCC(C)C)c2)c1. The van der Waals surface area contributed by atoms with Crippen LogP contribution in [0.15, 0.2) is 42.7 Å². The molecule has 2 aromatic rings. The summed E-state index contributed by atoms with van der Waals surface area (Å²) in [4.78, 5) is 27.6. The average molecular weight is 311 g/mol. The zero-order valence-corrected chi connectivity index (χ0v) is 13.6. The summed E-state index contributed by atoms with van der Waals surface area (Å²) in [6.45, 7) is 6.23. The van der Waals surface area contributed by atoms with Gasteiger partial charge in [-0.05, 0) is 31.0 Å². The van der Waals surface area contributed by atoms with E-state index in [9.17, 15) is 9.59 Å². The first-order valence-electron chi connectivity index (χ1n) is 7.57. The fraction of sp³-hybridized carbons (Fsp3) is 0.278. The van der Waals surface area contributed by atoms with Crippen LogP contribution in [0.25, 0.3) is 0 Å². The molecule has 0 aliphatic carbocycles. The number of nitrogens with one attached hydrogen (secondary N) is 2. The lowest BCUT2D eigenvalue weighted by atomic mass is 10.1. The molecule has 0 bridgehead atoms. The minimum absolute atomic E-state index is 0.00795. The van der Waals surface area contributed by atoms with Crippen molar-refractivity contribution in [1.82, 2.24) is 10.3 Å². The first-order chi connectivity index (χ1) is 11.0. The molecule has 0 radical (unpaired) electrons. The molecule has 0 unspecified atom stereocenters. The third-order valence-corrected chi connectivity index (χ3v) is 3.23. The molecule has 0 fully saturated rings. The zero-order chi connectivity index (χ0) is 16.8. The Morgan fingerprint density at radius 2 is 1.83 bits per heavy atom. The van der Waals surface area contributed by atoms with Crippen LogP contribution in [0.2, 0.25) is 0 Å². The van der Waals surface area contributed by atoms with Gasteiger partial charge >= 0.3 is 0 Å². The van der Waals surface area contributed by atoms with Gasteiger partial charge in [0.05, 0.1) is 17.4 Å². The Hall–Kier alpha value is -2.69. The Kier molecular flexibility index (Phi) is 5.46. The molecule has 2 N–H and O–H groups in total. The summed E-state index contributed by atoms with van der Waals surface area (Å²) >= 11 is 0. The predicted molar refractivity (Wildman–Crippen MR) is 91.1 cm³/mol. The van der Waals surface area contributed by atoms with Gasteiger partial charge in [-0.1, -0.05) is 26.0 Å². The fourth-order valence-electron chi connectivity index (χ4n) is 2.01. The van der Waals surface area contributed by atoms with Gasteiger partial charge in [-0.25, -0.2) is 0 Å². The molecule has 0 saturated carbocycles. The third-order valence-electron chi connectivity index (χ3n) is 3.23. The van der Waals surface area contributed by atoms with Crippen LogP contribution in [-0.2, 0) is 0 Å². The van der Waals surface area contributed by atoms with Gasteiger partial charge in [0.15, 0.2) is 5.78 Å². The van der Waals surface area contributed by atoms with Crippen LogP contribution < -0.4 is 10.6 Å². The number of carbonyl (C=O) groups excluding carboxylic acids is 2. The summed E-state index contributed by atoms with van der Waals surface area (Å²) < 4.78 is 0. The number of amides is 1. The molecule has 5 heteroatoms. The van der Waals surface area contributed by atoms with Crippen molar-refractivity contribution in [1.29, 1.82) is 0 Å². The smallest absolute Gasteiger partial charge is 0.252 e. The van der Waals surface area contributed by atoms with Crippen molar-refractivity contribution in [2.24, 2.45) is 5.92 Å². The van der Waals surface area contributed by atoms with E-state index in [4.69, 9.17) is 0 Å². The number of carbonyl (C=O) groups is 2. The molecule has 2 rings (SSSR count). The molecule has 0 aliphatic rings. The zero-order valence-electron chi connectivity index (χ0n) is 13.6. The molecule has 23 heavy (non-hydrogen) atoms. The van der Waals surface area contributed by atoms with Crippen molar-refractivity contribution in [3.05, 3.63) is 53.9 Å². The van der Waals surface area contributed by atoms with E-state index in [1.165, 1.54) is 13.1 Å². The van der Waals surface area contributed by atoms with Crippen molar-refractivity contribution in [3.8, 4) is 0 Å². The number of pyridine rings is 1. The van der Waals surface area contributed by atoms with E-state index in [-0.39, 0.29) is 11.7 Å². The number of benzene rings is 1. The highest BCUT2D eigenvalue weighted by atomic mass is 16.1. The Bertz CT molecular complexity index is 711. The van der Waals surface area contributed by atoms with Gasteiger partial charge < -0.3 is 10.6 Å². The number of nitrogens with zero attached hydrogens (tertiary/aromatic N) is 1. The fourth-order valence-corrected chi connectivity index (χ4v) is 2.01. The Balaban J connectivity index is 2.12. The summed E-state index contributed by atoms with van der Waals surface area (Å²) in [5.41, 5.74) is 2.61. The van der Waals surface area contributed by atoms with Gasteiger partial charge in [0, 0.05) is 24.0 Å². The number of hydrogen-bond acceptors (Lipinski definition) is 4. The second-order valence-corrected chi connectivity index (χ2v) is 5.83. The Labute approximate surface area is 136 Å². The maximum atomic E-state index is 12.1. The van der Waals surface area contributed by atoms with Gasteiger partial charge in [0.1, 0.15) is 0 Å². The molecule has 0 spiro atoms. The van der Waals surface area contributed by atoms with Gasteiger partial charge in [-0.2, -0.15) is 0 Å². The minimum Gasteiger partial charge on any atom is -0.354 e. The Morgan fingerprint density at radius 1 is 1.09 bits per heavy atom. The van der Waals surface area contributed by atoms with E-state index in [0.717, 1.165) is 5.69 Å². The van der Waals surface area contributed by atoms with Gasteiger partial charge in [0.25, 0.3) is 5.91 Å². The van der Waals surface area contributed by atoms with Crippen molar-refractivity contribution < 1.29 is 9.59 Å². The number of aromatic nitrogens is 1. The van der Waals surface area contributed by atoms with Crippen LogP contribution >= 0.6 is 0 Å². The minimum atomic E-state index is -0.146. The number of hydrogen-bond donors (Lipinski definition) is 2. The van der Waals surface area contributed by atoms with Gasteiger partial charge in [0.2, 0.25) is 0 Å². The molecule has 1 aromatic carbocycles. The molecular formula is C18H21N3O2. The maximum Gasteiger partial charge on any atom is 0.252 e. The second kappa shape index (κ2) is 7.54. The van der Waals surface area contributed by atoms with E-state index < -0.39 is 0 Å². The first-order valence-corrected chi connectivity index (χ1v) is 7.57. The van der Waals surface area contributed by atoms with Crippen LogP contribution in [0.3, 0.4) is 0 Å². The molecule has 1 aromatic heterocycles. The highest BCUT2D eigenvalue weighted by Crippen LogP contribution is 2.18. The molecular weight excluding hydrogens is 290 g/mol. The summed E-state index contributed by atoms with van der Waals surface area (Å²) in [6.07, 6.45) is 3.17. The van der Waals surface area contributed by atoms with E-state index >= 15 is 0 Å². The van der Waals surface area contributed by atoms with Crippen LogP contribution in [0.1, 0.15) is 41.5 Å². The van der Waals surface area contributed by atoms with Gasteiger partial charge in [-0.15, -0.1) is 0 Å². The van der Waals surface area contributed by atoms with Gasteiger partial charge in [-0.3, -0.25) is 14.6 Å². The molecule has 5 nitrogen and oxygen atoms in total. The highest BCUT2D eigenvalue weighted by Gasteiger charge is 2.08. The lowest BCUT2D eigenvalue weighted by molar-refractivity contribution is 0.0947. The summed E-state index contributed by atoms with van der Waals surface area (Å²) in [6, 6.07) is 8.95. The predicted octanol–water partition coefficient (Wildman–Crippen LogP) is 3.41. The highest BCUT2D eigenvalue weighted by molar-refractivity contribution is 5.96. The summed E-state index contributed by atoms with van der Waals surface area (Å²) in [5, 5.41) is 6.03. The van der Waals surface area contributed by atoms with E-state index in [2.05, 4.69) is 15.6 Å². The molecule has 0 saturated heterocycles. The van der Waals surface area contributed by atoms with Crippen molar-refractivity contribution >= 4 is 23.1 Å². The lowest BCUT2D eigenvalue weighted by Gasteiger charge is -2.10. The van der Waals surface area contributed by atoms with E-state index in [1.807, 2.05) is 26.0 Å². The standard InChI is InChI=1S/C18H21N3O2/c1-12(2)9-20-18(23)15-8-17(11-19-10-15)21-16-6-4-5-14(7-16)13(3)22/h4-8,10-12,21H,9H2,1-3H3,(H,20,23). The largest absolute Gasteiger partial charge is 0.354 e. The molecule has 0 aliphatic heterocycles. The quantitative estimate of drug-likeness (QED) is 0.802. The number of anilines is 2. The normalized spacial score (nSPS) is 10.4. The topological polar surface area (TPSA) is 71.1 Å². The van der Waals surface area contributed by atoms with E-state index in [0.29, 0.717) is 29.3 Å². The van der Waals surface area contributed by atoms with Crippen LogP contribution in [0.4, 0.5) is 11.4 Å². The molecule has 1 amide bonds. The van der Waals surface area contributed by atoms with Crippen molar-refractivity contribution in [2.45, 2.75) is 20.8 Å². The second-order valence-electron chi connectivity index (χ2n) is 5.83. The van der Waals surface area contributed by atoms with Crippen molar-refractivity contribution in [3.63, 3.8) is 0 Å². The number of ketones is 1. The first kappa shape index (κ1) is 16.7. The monoisotopic (exact) mass is 311 g/mol. The molecule has 120 valence electrons. The lowest BCUT2D eigenvalue weighted by Crippen LogP contribution is -2.27. The molecule has 1 heterocycles. The van der Waals surface area contributed by atoms with Crippen molar-refractivity contribution in [2.75, 3.05) is 11.9 Å². The average Bonchev–Trinajstić information content (AvgIpc) is 2.53. The Morgan fingerprint density at radius 3 is 2.52 bits per heavy atom. The van der Waals surface area contributed by atoms with Crippen LogP contribution in [0, 0.1) is 5.92 Å². The van der Waals surface area contributed by atoms with E-state index in [1.54, 1.807) is 24.4 Å². The maximum absolute atomic E-state index is 12.1. The molecule has 0 atom stereocenters. The third kappa shape index (κ3) is 4.92. The summed E-state index contributed by atoms with van der Waals surface area (Å²) in [7, 11) is 0. The number of Topliss-reactive ketones (excluding diaryl/α,β-unsaturated/α-hetero) is 1. The number of rotatable bonds is 6.